The van der Waals surface area contributed by atoms with Crippen molar-refractivity contribution in [1.82, 2.24) is 0 Å². The predicted octanol–water partition coefficient (Wildman–Crippen LogP) is 2.29. The number of amides is 1. The summed E-state index contributed by atoms with van der Waals surface area (Å²) in [6.45, 7) is 0. The lowest BCUT2D eigenvalue weighted by atomic mass is 10.1. The summed E-state index contributed by atoms with van der Waals surface area (Å²) < 4.78 is 13.4. The van der Waals surface area contributed by atoms with Crippen LogP contribution in [-0.2, 0) is 11.2 Å². The maximum atomic E-state index is 13.4. The van der Waals surface area contributed by atoms with E-state index in [0.29, 0.717) is 11.3 Å². The van der Waals surface area contributed by atoms with E-state index < -0.39 is 5.82 Å². The molecule has 0 aliphatic rings. The Bertz CT molecular complexity index is 614. The zero-order valence-corrected chi connectivity index (χ0v) is 10.1. The number of anilines is 2. The predicted molar refractivity (Wildman–Crippen MR) is 71.3 cm³/mol. The number of phenols is 1. The van der Waals surface area contributed by atoms with Gasteiger partial charge in [-0.25, -0.2) is 4.39 Å². The van der Waals surface area contributed by atoms with E-state index in [9.17, 15) is 14.3 Å². The van der Waals surface area contributed by atoms with E-state index in [-0.39, 0.29) is 23.8 Å². The zero-order valence-electron chi connectivity index (χ0n) is 10.1. The molecule has 0 bridgehead atoms. The number of benzene rings is 2. The van der Waals surface area contributed by atoms with Crippen LogP contribution in [0.3, 0.4) is 0 Å². The highest BCUT2D eigenvalue weighted by Gasteiger charge is 2.09. The van der Waals surface area contributed by atoms with Crippen molar-refractivity contribution < 1.29 is 14.3 Å². The number of rotatable bonds is 3. The molecule has 2 aromatic rings. The first-order valence-corrected chi connectivity index (χ1v) is 5.68. The highest BCUT2D eigenvalue weighted by molar-refractivity contribution is 5.95. The Morgan fingerprint density at radius 2 is 2.00 bits per heavy atom. The Morgan fingerprint density at radius 1 is 1.26 bits per heavy atom. The van der Waals surface area contributed by atoms with Crippen LogP contribution in [0, 0.1) is 5.82 Å². The first kappa shape index (κ1) is 12.9. The number of carbonyl (C=O) groups excluding carboxylic acids is 1. The third-order valence-electron chi connectivity index (χ3n) is 2.62. The van der Waals surface area contributed by atoms with Gasteiger partial charge in [0.15, 0.2) is 0 Å². The second-order valence-corrected chi connectivity index (χ2v) is 4.09. The summed E-state index contributed by atoms with van der Waals surface area (Å²) in [6, 6.07) is 10.3. The van der Waals surface area contributed by atoms with Crippen LogP contribution in [0.2, 0.25) is 0 Å². The van der Waals surface area contributed by atoms with E-state index in [4.69, 9.17) is 5.73 Å². The van der Waals surface area contributed by atoms with Gasteiger partial charge in [-0.15, -0.1) is 0 Å². The summed E-state index contributed by atoms with van der Waals surface area (Å²) in [7, 11) is 0. The van der Waals surface area contributed by atoms with Gasteiger partial charge >= 0.3 is 0 Å². The monoisotopic (exact) mass is 260 g/mol. The molecule has 19 heavy (non-hydrogen) atoms. The van der Waals surface area contributed by atoms with Crippen LogP contribution >= 0.6 is 0 Å². The van der Waals surface area contributed by atoms with Crippen LogP contribution in [0.25, 0.3) is 0 Å². The van der Waals surface area contributed by atoms with E-state index in [2.05, 4.69) is 5.32 Å². The minimum atomic E-state index is -0.420. The molecule has 1 amide bonds. The number of carbonyl (C=O) groups is 1. The molecule has 98 valence electrons. The summed E-state index contributed by atoms with van der Waals surface area (Å²) in [5.74, 6) is -0.775. The minimum absolute atomic E-state index is 0.0182. The molecule has 5 heteroatoms. The van der Waals surface area contributed by atoms with E-state index in [1.54, 1.807) is 18.2 Å². The van der Waals surface area contributed by atoms with Gasteiger partial charge in [-0.05, 0) is 23.8 Å². The molecule has 0 saturated carbocycles. The number of hydrogen-bond donors (Lipinski definition) is 3. The molecular formula is C14H13FN2O2. The van der Waals surface area contributed by atoms with E-state index in [1.165, 1.54) is 24.3 Å². The molecule has 4 N–H and O–H groups in total. The molecule has 0 radical (unpaired) electrons. The molecule has 0 unspecified atom stereocenters. The van der Waals surface area contributed by atoms with Crippen LogP contribution in [0.5, 0.6) is 5.75 Å². The number of nitrogens with two attached hydrogens (primary N) is 1. The van der Waals surface area contributed by atoms with Gasteiger partial charge in [0.1, 0.15) is 11.6 Å². The fraction of sp³-hybridized carbons (Fsp3) is 0.0714. The van der Waals surface area contributed by atoms with Crippen molar-refractivity contribution >= 4 is 17.3 Å². The summed E-state index contributed by atoms with van der Waals surface area (Å²) in [5, 5.41) is 11.8. The normalized spacial score (nSPS) is 10.2. The minimum Gasteiger partial charge on any atom is -0.508 e. The maximum Gasteiger partial charge on any atom is 0.228 e. The highest BCUT2D eigenvalue weighted by Crippen LogP contribution is 2.23. The quantitative estimate of drug-likeness (QED) is 0.585. The number of nitrogen functional groups attached to an aromatic ring is 1. The Hall–Kier alpha value is -2.56. The summed E-state index contributed by atoms with van der Waals surface area (Å²) >= 11 is 0. The zero-order chi connectivity index (χ0) is 13.8. The van der Waals surface area contributed by atoms with Crippen molar-refractivity contribution in [2.75, 3.05) is 11.1 Å². The lowest BCUT2D eigenvalue weighted by Crippen LogP contribution is -2.16. The van der Waals surface area contributed by atoms with Crippen LogP contribution in [-0.4, -0.2) is 11.0 Å². The standard InChI is InChI=1S/C14H13FN2O2/c15-11-4-2-1-3-9(11)7-14(19)17-13-6-5-10(18)8-12(13)16/h1-6,8,18H,7,16H2,(H,17,19). The van der Waals surface area contributed by atoms with Gasteiger partial charge < -0.3 is 16.2 Å². The molecule has 2 aromatic carbocycles. The van der Waals surface area contributed by atoms with Gasteiger partial charge in [-0.2, -0.15) is 0 Å². The van der Waals surface area contributed by atoms with Gasteiger partial charge in [0.2, 0.25) is 5.91 Å². The number of hydrogen-bond acceptors (Lipinski definition) is 3. The number of halogens is 1. The molecular weight excluding hydrogens is 247 g/mol. The largest absolute Gasteiger partial charge is 0.508 e. The smallest absolute Gasteiger partial charge is 0.228 e. The first-order chi connectivity index (χ1) is 9.06. The molecule has 0 heterocycles. The first-order valence-electron chi connectivity index (χ1n) is 5.68. The molecule has 0 aliphatic heterocycles. The highest BCUT2D eigenvalue weighted by atomic mass is 19.1. The van der Waals surface area contributed by atoms with Gasteiger partial charge in [0.25, 0.3) is 0 Å². The molecule has 0 aromatic heterocycles. The average molecular weight is 260 g/mol. The van der Waals surface area contributed by atoms with Crippen molar-refractivity contribution in [2.24, 2.45) is 0 Å². The van der Waals surface area contributed by atoms with Crippen molar-refractivity contribution in [1.29, 1.82) is 0 Å². The van der Waals surface area contributed by atoms with E-state index in [1.807, 2.05) is 0 Å². The topological polar surface area (TPSA) is 75.3 Å². The molecule has 2 rings (SSSR count). The van der Waals surface area contributed by atoms with Gasteiger partial charge in [-0.1, -0.05) is 18.2 Å². The number of phenolic OH excluding ortho intramolecular Hbond substituents is 1. The van der Waals surface area contributed by atoms with Gasteiger partial charge in [0, 0.05) is 6.07 Å². The van der Waals surface area contributed by atoms with Crippen molar-refractivity contribution in [3.63, 3.8) is 0 Å². The number of nitrogens with one attached hydrogen (secondary N) is 1. The van der Waals surface area contributed by atoms with Crippen molar-refractivity contribution in [3.05, 3.63) is 53.8 Å². The lowest BCUT2D eigenvalue weighted by Gasteiger charge is -2.08. The average Bonchev–Trinajstić information content (AvgIpc) is 2.36. The van der Waals surface area contributed by atoms with Gasteiger partial charge in [0.05, 0.1) is 17.8 Å². The summed E-state index contributed by atoms with van der Waals surface area (Å²) in [5.41, 5.74) is 6.60. The second kappa shape index (κ2) is 5.39. The molecule has 0 atom stereocenters. The van der Waals surface area contributed by atoms with Crippen LogP contribution < -0.4 is 11.1 Å². The van der Waals surface area contributed by atoms with E-state index >= 15 is 0 Å². The Balaban J connectivity index is 2.08. The second-order valence-electron chi connectivity index (χ2n) is 4.09. The van der Waals surface area contributed by atoms with Crippen LogP contribution in [0.1, 0.15) is 5.56 Å². The Morgan fingerprint density at radius 3 is 2.68 bits per heavy atom. The molecule has 0 aliphatic carbocycles. The van der Waals surface area contributed by atoms with Crippen LogP contribution in [0.15, 0.2) is 42.5 Å². The van der Waals surface area contributed by atoms with Gasteiger partial charge in [-0.3, -0.25) is 4.79 Å². The molecule has 4 nitrogen and oxygen atoms in total. The Kier molecular flexibility index (Phi) is 3.66. The van der Waals surface area contributed by atoms with E-state index in [0.717, 1.165) is 0 Å². The molecule has 0 spiro atoms. The van der Waals surface area contributed by atoms with Crippen molar-refractivity contribution in [3.8, 4) is 5.75 Å². The molecule has 0 fully saturated rings. The third kappa shape index (κ3) is 3.22. The van der Waals surface area contributed by atoms with Crippen molar-refractivity contribution in [2.45, 2.75) is 6.42 Å². The van der Waals surface area contributed by atoms with Crippen LogP contribution in [0.4, 0.5) is 15.8 Å². The Labute approximate surface area is 109 Å². The lowest BCUT2D eigenvalue weighted by molar-refractivity contribution is -0.115. The summed E-state index contributed by atoms with van der Waals surface area (Å²) in [4.78, 5) is 11.8. The maximum absolute atomic E-state index is 13.4. The number of aromatic hydroxyl groups is 1. The third-order valence-corrected chi connectivity index (χ3v) is 2.62. The fourth-order valence-corrected chi connectivity index (χ4v) is 1.67. The summed E-state index contributed by atoms with van der Waals surface area (Å²) in [6.07, 6.45) is -0.0764. The fourth-order valence-electron chi connectivity index (χ4n) is 1.67. The SMILES string of the molecule is Nc1cc(O)ccc1NC(=O)Cc1ccccc1F. The molecule has 0 saturated heterocycles.